The predicted molar refractivity (Wildman–Crippen MR) is 58.2 cm³/mol. The SMILES string of the molecule is CCCC1(CNC2CCCC2O)CC1. The standard InChI is InChI=1S/C12H23NO/c1-2-6-12(7-8-12)9-13-10-4-3-5-11(10)14/h10-11,13-14H,2-9H2,1H3. The van der Waals surface area contributed by atoms with E-state index in [2.05, 4.69) is 12.2 Å². The highest BCUT2D eigenvalue weighted by Crippen LogP contribution is 2.49. The van der Waals surface area contributed by atoms with Gasteiger partial charge in [-0.2, -0.15) is 0 Å². The summed E-state index contributed by atoms with van der Waals surface area (Å²) in [6.45, 7) is 3.41. The minimum Gasteiger partial charge on any atom is -0.392 e. The monoisotopic (exact) mass is 197 g/mol. The molecule has 2 rings (SSSR count). The Morgan fingerprint density at radius 1 is 1.36 bits per heavy atom. The number of rotatable bonds is 5. The maximum atomic E-state index is 9.67. The van der Waals surface area contributed by atoms with Gasteiger partial charge < -0.3 is 10.4 Å². The molecule has 0 amide bonds. The Morgan fingerprint density at radius 3 is 2.64 bits per heavy atom. The topological polar surface area (TPSA) is 32.3 Å². The first-order chi connectivity index (χ1) is 6.76. The van der Waals surface area contributed by atoms with Crippen LogP contribution in [0.2, 0.25) is 0 Å². The van der Waals surface area contributed by atoms with Crippen LogP contribution in [0, 0.1) is 5.41 Å². The summed E-state index contributed by atoms with van der Waals surface area (Å²) >= 11 is 0. The molecule has 2 nitrogen and oxygen atoms in total. The molecule has 0 saturated heterocycles. The lowest BCUT2D eigenvalue weighted by molar-refractivity contribution is 0.145. The van der Waals surface area contributed by atoms with Crippen molar-refractivity contribution in [3.8, 4) is 0 Å². The van der Waals surface area contributed by atoms with Gasteiger partial charge in [-0.1, -0.05) is 13.3 Å². The summed E-state index contributed by atoms with van der Waals surface area (Å²) in [7, 11) is 0. The molecule has 2 aliphatic rings. The van der Waals surface area contributed by atoms with E-state index in [4.69, 9.17) is 0 Å². The molecular formula is C12H23NO. The van der Waals surface area contributed by atoms with E-state index in [1.165, 1.54) is 38.5 Å². The molecule has 0 aliphatic heterocycles. The van der Waals surface area contributed by atoms with Gasteiger partial charge in [-0.25, -0.2) is 0 Å². The quantitative estimate of drug-likeness (QED) is 0.707. The van der Waals surface area contributed by atoms with Crippen molar-refractivity contribution in [1.29, 1.82) is 0 Å². The average Bonchev–Trinajstić information content (AvgIpc) is 2.81. The predicted octanol–water partition coefficient (Wildman–Crippen LogP) is 2.07. The first-order valence-electron chi connectivity index (χ1n) is 6.17. The van der Waals surface area contributed by atoms with Gasteiger partial charge in [0.1, 0.15) is 0 Å². The molecule has 14 heavy (non-hydrogen) atoms. The third-order valence-electron chi connectivity index (χ3n) is 3.96. The molecule has 0 aromatic carbocycles. The van der Waals surface area contributed by atoms with E-state index in [1.807, 2.05) is 0 Å². The molecule has 2 N–H and O–H groups in total. The zero-order chi connectivity index (χ0) is 10.0. The van der Waals surface area contributed by atoms with Gasteiger partial charge in [-0.05, 0) is 43.9 Å². The van der Waals surface area contributed by atoms with Crippen molar-refractivity contribution in [2.75, 3.05) is 6.54 Å². The van der Waals surface area contributed by atoms with Crippen molar-refractivity contribution in [1.82, 2.24) is 5.32 Å². The molecule has 2 heteroatoms. The van der Waals surface area contributed by atoms with Crippen LogP contribution in [0.15, 0.2) is 0 Å². The number of hydrogen-bond acceptors (Lipinski definition) is 2. The minimum atomic E-state index is -0.0765. The molecule has 0 heterocycles. The molecule has 82 valence electrons. The van der Waals surface area contributed by atoms with E-state index < -0.39 is 0 Å². The molecule has 2 aliphatic carbocycles. The van der Waals surface area contributed by atoms with Crippen LogP contribution < -0.4 is 5.32 Å². The van der Waals surface area contributed by atoms with Crippen molar-refractivity contribution < 1.29 is 5.11 Å². The Morgan fingerprint density at radius 2 is 2.14 bits per heavy atom. The first-order valence-corrected chi connectivity index (χ1v) is 6.17. The molecule has 2 atom stereocenters. The summed E-state index contributed by atoms with van der Waals surface area (Å²) in [6, 6.07) is 0.393. The summed E-state index contributed by atoms with van der Waals surface area (Å²) in [5.74, 6) is 0. The second kappa shape index (κ2) is 4.19. The summed E-state index contributed by atoms with van der Waals surface area (Å²) in [6.07, 6.45) is 8.75. The smallest absolute Gasteiger partial charge is 0.0693 e. The van der Waals surface area contributed by atoms with E-state index in [-0.39, 0.29) is 6.10 Å². The van der Waals surface area contributed by atoms with E-state index in [0.29, 0.717) is 11.5 Å². The normalized spacial score (nSPS) is 34.7. The molecule has 0 bridgehead atoms. The second-order valence-electron chi connectivity index (χ2n) is 5.24. The van der Waals surface area contributed by atoms with Gasteiger partial charge in [0.05, 0.1) is 6.10 Å². The van der Waals surface area contributed by atoms with E-state index >= 15 is 0 Å². The van der Waals surface area contributed by atoms with Crippen molar-refractivity contribution in [3.63, 3.8) is 0 Å². The van der Waals surface area contributed by atoms with E-state index in [0.717, 1.165) is 13.0 Å². The Labute approximate surface area is 87.1 Å². The molecule has 2 saturated carbocycles. The van der Waals surface area contributed by atoms with Gasteiger partial charge >= 0.3 is 0 Å². The maximum absolute atomic E-state index is 9.67. The Bertz CT molecular complexity index is 189. The Balaban J connectivity index is 1.71. The van der Waals surface area contributed by atoms with Crippen LogP contribution in [0.5, 0.6) is 0 Å². The molecule has 2 fully saturated rings. The fraction of sp³-hybridized carbons (Fsp3) is 1.00. The molecule has 0 aromatic rings. The van der Waals surface area contributed by atoms with Crippen molar-refractivity contribution in [2.24, 2.45) is 5.41 Å². The van der Waals surface area contributed by atoms with E-state index in [1.54, 1.807) is 0 Å². The zero-order valence-corrected chi connectivity index (χ0v) is 9.26. The van der Waals surface area contributed by atoms with Gasteiger partial charge in [-0.15, -0.1) is 0 Å². The third kappa shape index (κ3) is 2.29. The van der Waals surface area contributed by atoms with Gasteiger partial charge in [-0.3, -0.25) is 0 Å². The van der Waals surface area contributed by atoms with Crippen molar-refractivity contribution in [2.45, 2.75) is 64.0 Å². The van der Waals surface area contributed by atoms with Crippen LogP contribution in [0.4, 0.5) is 0 Å². The van der Waals surface area contributed by atoms with Gasteiger partial charge in [0.25, 0.3) is 0 Å². The fourth-order valence-corrected chi connectivity index (χ4v) is 2.75. The molecule has 0 aromatic heterocycles. The Hall–Kier alpha value is -0.0800. The summed E-state index contributed by atoms with van der Waals surface area (Å²) in [5.41, 5.74) is 0.622. The first kappa shape index (κ1) is 10.4. The largest absolute Gasteiger partial charge is 0.392 e. The lowest BCUT2D eigenvalue weighted by Gasteiger charge is -2.21. The third-order valence-corrected chi connectivity index (χ3v) is 3.96. The van der Waals surface area contributed by atoms with Crippen molar-refractivity contribution in [3.05, 3.63) is 0 Å². The summed E-state index contributed by atoms with van der Waals surface area (Å²) < 4.78 is 0. The number of hydrogen-bond donors (Lipinski definition) is 2. The van der Waals surface area contributed by atoms with Crippen LogP contribution in [0.3, 0.4) is 0 Å². The Kier molecular flexibility index (Phi) is 3.13. The average molecular weight is 197 g/mol. The van der Waals surface area contributed by atoms with Crippen LogP contribution in [-0.4, -0.2) is 23.8 Å². The van der Waals surface area contributed by atoms with Crippen LogP contribution in [0.1, 0.15) is 51.9 Å². The highest BCUT2D eigenvalue weighted by Gasteiger charge is 2.41. The molecular weight excluding hydrogens is 174 g/mol. The summed E-state index contributed by atoms with van der Waals surface area (Å²) in [4.78, 5) is 0. The fourth-order valence-electron chi connectivity index (χ4n) is 2.75. The van der Waals surface area contributed by atoms with Crippen LogP contribution >= 0.6 is 0 Å². The minimum absolute atomic E-state index is 0.0765. The highest BCUT2D eigenvalue weighted by molar-refractivity contribution is 4.96. The zero-order valence-electron chi connectivity index (χ0n) is 9.26. The molecule has 0 spiro atoms. The number of nitrogens with one attached hydrogen (secondary N) is 1. The summed E-state index contributed by atoms with van der Waals surface area (Å²) in [5, 5.41) is 13.2. The number of aliphatic hydroxyl groups is 1. The lowest BCUT2D eigenvalue weighted by Crippen LogP contribution is -2.39. The van der Waals surface area contributed by atoms with Gasteiger partial charge in [0.2, 0.25) is 0 Å². The van der Waals surface area contributed by atoms with Gasteiger partial charge in [0.15, 0.2) is 0 Å². The van der Waals surface area contributed by atoms with Gasteiger partial charge in [0, 0.05) is 12.6 Å². The lowest BCUT2D eigenvalue weighted by atomic mass is 10.00. The number of aliphatic hydroxyl groups excluding tert-OH is 1. The van der Waals surface area contributed by atoms with Crippen molar-refractivity contribution >= 4 is 0 Å². The highest BCUT2D eigenvalue weighted by atomic mass is 16.3. The maximum Gasteiger partial charge on any atom is 0.0693 e. The van der Waals surface area contributed by atoms with E-state index in [9.17, 15) is 5.11 Å². The molecule has 2 unspecified atom stereocenters. The molecule has 0 radical (unpaired) electrons. The van der Waals surface area contributed by atoms with Crippen LogP contribution in [-0.2, 0) is 0 Å². The van der Waals surface area contributed by atoms with Crippen LogP contribution in [0.25, 0.3) is 0 Å². The second-order valence-corrected chi connectivity index (χ2v) is 5.24.